The number of nitrogens with one attached hydrogen (secondary N) is 3. The van der Waals surface area contributed by atoms with E-state index in [-0.39, 0.29) is 0 Å². The summed E-state index contributed by atoms with van der Waals surface area (Å²) in [5.41, 5.74) is 3.82. The van der Waals surface area contributed by atoms with Gasteiger partial charge in [-0.1, -0.05) is 0 Å². The van der Waals surface area contributed by atoms with E-state index in [9.17, 15) is 4.79 Å². The van der Waals surface area contributed by atoms with Crippen LogP contribution >= 0.6 is 0 Å². The fraction of sp³-hybridized carbons (Fsp3) is 0.0667. The van der Waals surface area contributed by atoms with Crippen LogP contribution in [0.15, 0.2) is 30.7 Å². The molecule has 0 aliphatic rings. The molecule has 0 aliphatic heterocycles. The molecule has 4 aromatic heterocycles. The zero-order chi connectivity index (χ0) is 15.8. The van der Waals surface area contributed by atoms with Gasteiger partial charge in [-0.25, -0.2) is 9.97 Å². The monoisotopic (exact) mass is 308 g/mol. The van der Waals surface area contributed by atoms with E-state index in [0.717, 1.165) is 22.0 Å². The minimum atomic E-state index is 0.481. The van der Waals surface area contributed by atoms with Crippen molar-refractivity contribution in [2.24, 2.45) is 0 Å². The Balaban J connectivity index is 1.92. The molecular weight excluding hydrogens is 296 g/mol. The third-order valence-corrected chi connectivity index (χ3v) is 3.60. The zero-order valence-electron chi connectivity index (χ0n) is 12.1. The molecule has 1 amide bonds. The van der Waals surface area contributed by atoms with Crippen molar-refractivity contribution in [3.8, 4) is 17.0 Å². The topological polar surface area (TPSA) is 109 Å². The second kappa shape index (κ2) is 5.09. The highest BCUT2D eigenvalue weighted by Gasteiger charge is 2.15. The maximum atomic E-state index is 10.5. The molecule has 4 aromatic rings. The first kappa shape index (κ1) is 13.3. The summed E-state index contributed by atoms with van der Waals surface area (Å²) in [6, 6.07) is 5.56. The first-order chi connectivity index (χ1) is 11.3. The van der Waals surface area contributed by atoms with E-state index in [2.05, 4.69) is 30.2 Å². The minimum Gasteiger partial charge on any atom is -0.480 e. The summed E-state index contributed by atoms with van der Waals surface area (Å²) in [5, 5.41) is 3.43. The highest BCUT2D eigenvalue weighted by atomic mass is 16.5. The lowest BCUT2D eigenvalue weighted by atomic mass is 10.1. The fourth-order valence-corrected chi connectivity index (χ4v) is 2.57. The molecule has 4 rings (SSSR count). The van der Waals surface area contributed by atoms with Gasteiger partial charge < -0.3 is 20.0 Å². The van der Waals surface area contributed by atoms with Gasteiger partial charge in [0.15, 0.2) is 5.65 Å². The largest absolute Gasteiger partial charge is 0.480 e. The molecule has 8 nitrogen and oxygen atoms in total. The van der Waals surface area contributed by atoms with Crippen LogP contribution in [0.25, 0.3) is 33.3 Å². The summed E-state index contributed by atoms with van der Waals surface area (Å²) < 4.78 is 5.40. The summed E-state index contributed by atoms with van der Waals surface area (Å²) in [6.45, 7) is 0. The van der Waals surface area contributed by atoms with Crippen LogP contribution in [0.1, 0.15) is 0 Å². The molecule has 3 N–H and O–H groups in total. The van der Waals surface area contributed by atoms with Gasteiger partial charge in [0.1, 0.15) is 11.5 Å². The van der Waals surface area contributed by atoms with E-state index in [4.69, 9.17) is 4.74 Å². The standard InChI is InChI=1S/C15H12N6O2/c1-23-15-9(4-11-14(21-15)18-6-17-11)10-5-16-13-8(10)2-3-12(20-13)19-7-22/h2-7H,1H3,(H,17,18,21)(H2,16,19,20,22). The Morgan fingerprint density at radius 1 is 1.22 bits per heavy atom. The van der Waals surface area contributed by atoms with Gasteiger partial charge in [-0.05, 0) is 18.2 Å². The van der Waals surface area contributed by atoms with Crippen LogP contribution in [0.5, 0.6) is 5.88 Å². The lowest BCUT2D eigenvalue weighted by Gasteiger charge is -2.06. The molecule has 0 bridgehead atoms. The van der Waals surface area contributed by atoms with Crippen LogP contribution in [0.4, 0.5) is 5.82 Å². The Bertz CT molecular complexity index is 1020. The number of pyridine rings is 2. The third-order valence-electron chi connectivity index (χ3n) is 3.60. The first-order valence-corrected chi connectivity index (χ1v) is 6.87. The molecule has 0 unspecified atom stereocenters. The number of methoxy groups -OCH3 is 1. The number of fused-ring (bicyclic) bond motifs is 2. The van der Waals surface area contributed by atoms with Crippen molar-refractivity contribution in [3.63, 3.8) is 0 Å². The van der Waals surface area contributed by atoms with Gasteiger partial charge in [0, 0.05) is 22.7 Å². The van der Waals surface area contributed by atoms with Crippen molar-refractivity contribution in [3.05, 3.63) is 30.7 Å². The third kappa shape index (κ3) is 2.08. The molecule has 0 saturated carbocycles. The van der Waals surface area contributed by atoms with Crippen LogP contribution in [0, 0.1) is 0 Å². The number of hydrogen-bond donors (Lipinski definition) is 3. The number of H-pyrrole nitrogens is 2. The number of aromatic amines is 2. The molecule has 0 radical (unpaired) electrons. The predicted molar refractivity (Wildman–Crippen MR) is 85.2 cm³/mol. The van der Waals surface area contributed by atoms with Gasteiger partial charge in [-0.15, -0.1) is 0 Å². The van der Waals surface area contributed by atoms with Crippen molar-refractivity contribution in [1.29, 1.82) is 0 Å². The van der Waals surface area contributed by atoms with E-state index in [1.165, 1.54) is 0 Å². The number of carbonyl (C=O) groups excluding carboxylic acids is 1. The maximum Gasteiger partial charge on any atom is 0.223 e. The van der Waals surface area contributed by atoms with Crippen molar-refractivity contribution >= 4 is 34.4 Å². The average Bonchev–Trinajstić information content (AvgIpc) is 3.19. The Morgan fingerprint density at radius 3 is 2.96 bits per heavy atom. The van der Waals surface area contributed by atoms with Gasteiger partial charge in [-0.2, -0.15) is 4.98 Å². The molecule has 8 heteroatoms. The predicted octanol–water partition coefficient (Wildman–Crippen LogP) is 2.08. The van der Waals surface area contributed by atoms with Crippen molar-refractivity contribution < 1.29 is 9.53 Å². The molecule has 0 saturated heterocycles. The van der Waals surface area contributed by atoms with E-state index in [0.29, 0.717) is 29.4 Å². The maximum absolute atomic E-state index is 10.5. The number of nitrogens with zero attached hydrogens (tertiary/aromatic N) is 3. The molecule has 4 heterocycles. The molecule has 0 spiro atoms. The first-order valence-electron chi connectivity index (χ1n) is 6.87. The highest BCUT2D eigenvalue weighted by molar-refractivity contribution is 5.97. The molecule has 23 heavy (non-hydrogen) atoms. The summed E-state index contributed by atoms with van der Waals surface area (Å²) in [7, 11) is 1.57. The van der Waals surface area contributed by atoms with Crippen LogP contribution in [-0.2, 0) is 4.79 Å². The van der Waals surface area contributed by atoms with Gasteiger partial charge in [0.2, 0.25) is 12.3 Å². The van der Waals surface area contributed by atoms with Gasteiger partial charge in [-0.3, -0.25) is 4.79 Å². The quantitative estimate of drug-likeness (QED) is 0.500. The Hall–Kier alpha value is -3.42. The highest BCUT2D eigenvalue weighted by Crippen LogP contribution is 2.35. The summed E-state index contributed by atoms with van der Waals surface area (Å²) in [4.78, 5) is 29.6. The Labute approximate surface area is 129 Å². The fourth-order valence-electron chi connectivity index (χ4n) is 2.57. The van der Waals surface area contributed by atoms with E-state index in [1.807, 2.05) is 18.3 Å². The Morgan fingerprint density at radius 2 is 2.13 bits per heavy atom. The van der Waals surface area contributed by atoms with Gasteiger partial charge >= 0.3 is 0 Å². The lowest BCUT2D eigenvalue weighted by Crippen LogP contribution is -1.96. The molecule has 0 atom stereocenters. The number of rotatable bonds is 4. The second-order valence-electron chi connectivity index (χ2n) is 4.88. The Kier molecular flexibility index (Phi) is 2.94. The van der Waals surface area contributed by atoms with E-state index < -0.39 is 0 Å². The van der Waals surface area contributed by atoms with E-state index >= 15 is 0 Å². The molecule has 0 fully saturated rings. The number of anilines is 1. The number of hydrogen-bond acceptors (Lipinski definition) is 5. The number of imidazole rings is 1. The van der Waals surface area contributed by atoms with Crippen LogP contribution in [0.3, 0.4) is 0 Å². The summed E-state index contributed by atoms with van der Waals surface area (Å²) in [6.07, 6.45) is 4.02. The minimum absolute atomic E-state index is 0.481. The number of carbonyl (C=O) groups is 1. The number of ether oxygens (including phenoxy) is 1. The van der Waals surface area contributed by atoms with Crippen molar-refractivity contribution in [2.75, 3.05) is 12.4 Å². The molecule has 114 valence electrons. The number of aromatic nitrogens is 5. The normalized spacial score (nSPS) is 11.0. The molecule has 0 aromatic carbocycles. The van der Waals surface area contributed by atoms with Gasteiger partial charge in [0.25, 0.3) is 0 Å². The lowest BCUT2D eigenvalue weighted by molar-refractivity contribution is -0.105. The number of amides is 1. The van der Waals surface area contributed by atoms with Gasteiger partial charge in [0.05, 0.1) is 19.0 Å². The summed E-state index contributed by atoms with van der Waals surface area (Å²) >= 11 is 0. The van der Waals surface area contributed by atoms with Crippen LogP contribution in [0.2, 0.25) is 0 Å². The van der Waals surface area contributed by atoms with Crippen molar-refractivity contribution in [2.45, 2.75) is 0 Å². The molecule has 0 aliphatic carbocycles. The average molecular weight is 308 g/mol. The van der Waals surface area contributed by atoms with Crippen LogP contribution in [-0.4, -0.2) is 38.4 Å². The molecular formula is C15H12N6O2. The van der Waals surface area contributed by atoms with Crippen molar-refractivity contribution in [1.82, 2.24) is 24.9 Å². The SMILES string of the molecule is COc1nc2nc[nH]c2cc1-c1c[nH]c2nc(NC=O)ccc12. The smallest absolute Gasteiger partial charge is 0.223 e. The summed E-state index contributed by atoms with van der Waals surface area (Å²) in [5.74, 6) is 0.968. The zero-order valence-corrected chi connectivity index (χ0v) is 12.1. The second-order valence-corrected chi connectivity index (χ2v) is 4.88. The van der Waals surface area contributed by atoms with E-state index in [1.54, 1.807) is 19.5 Å². The van der Waals surface area contributed by atoms with Crippen LogP contribution < -0.4 is 10.1 Å².